The normalized spacial score (nSPS) is 17.6. The highest BCUT2D eigenvalue weighted by Crippen LogP contribution is 2.28. The van der Waals surface area contributed by atoms with Gasteiger partial charge in [0.2, 0.25) is 11.8 Å². The number of sulfonamides is 1. The summed E-state index contributed by atoms with van der Waals surface area (Å²) in [6.07, 6.45) is 0.195. The summed E-state index contributed by atoms with van der Waals surface area (Å²) in [4.78, 5) is 24.7. The number of carbonyl (C=O) groups excluding carboxylic acids is 2. The van der Waals surface area contributed by atoms with Crippen molar-refractivity contribution in [3.05, 3.63) is 60.2 Å². The van der Waals surface area contributed by atoms with Gasteiger partial charge in [0.1, 0.15) is 6.04 Å². The number of rotatable bonds is 4. The van der Waals surface area contributed by atoms with Crippen LogP contribution in [0, 0.1) is 6.92 Å². The summed E-state index contributed by atoms with van der Waals surface area (Å²) >= 11 is 0. The van der Waals surface area contributed by atoms with E-state index in [4.69, 9.17) is 0 Å². The zero-order valence-corrected chi connectivity index (χ0v) is 14.5. The van der Waals surface area contributed by atoms with Gasteiger partial charge in [-0.05, 0) is 37.6 Å². The van der Waals surface area contributed by atoms with Gasteiger partial charge in [0.15, 0.2) is 0 Å². The molecule has 130 valence electrons. The number of carbonyl (C=O) groups is 2. The fourth-order valence-corrected chi connectivity index (χ4v) is 4.37. The van der Waals surface area contributed by atoms with E-state index in [1.807, 2.05) is 13.0 Å². The molecule has 2 amide bonds. The summed E-state index contributed by atoms with van der Waals surface area (Å²) in [7, 11) is -4.07. The maximum Gasteiger partial charge on any atom is 0.267 e. The molecular weight excluding hydrogens is 340 g/mol. The van der Waals surface area contributed by atoms with Crippen LogP contribution in [0.5, 0.6) is 0 Å². The van der Waals surface area contributed by atoms with Crippen LogP contribution in [-0.4, -0.2) is 30.6 Å². The van der Waals surface area contributed by atoms with E-state index in [1.54, 1.807) is 36.4 Å². The lowest BCUT2D eigenvalue weighted by atomic mass is 10.2. The molecule has 0 bridgehead atoms. The Morgan fingerprint density at radius 2 is 1.72 bits per heavy atom. The molecule has 1 fully saturated rings. The first-order valence-corrected chi connectivity index (χ1v) is 9.33. The minimum atomic E-state index is -4.07. The topological polar surface area (TPSA) is 83.6 Å². The average Bonchev–Trinajstić information content (AvgIpc) is 2.99. The van der Waals surface area contributed by atoms with Gasteiger partial charge in [-0.2, -0.15) is 0 Å². The van der Waals surface area contributed by atoms with E-state index >= 15 is 0 Å². The summed E-state index contributed by atoms with van der Waals surface area (Å²) < 4.78 is 26.4. The van der Waals surface area contributed by atoms with E-state index in [9.17, 15) is 18.0 Å². The molecule has 25 heavy (non-hydrogen) atoms. The monoisotopic (exact) mass is 358 g/mol. The van der Waals surface area contributed by atoms with Crippen molar-refractivity contribution in [2.75, 3.05) is 5.32 Å². The minimum absolute atomic E-state index is 0.00543. The second kappa shape index (κ2) is 6.68. The number of hydrogen-bond acceptors (Lipinski definition) is 4. The van der Waals surface area contributed by atoms with Crippen molar-refractivity contribution in [1.82, 2.24) is 4.31 Å². The molecule has 1 heterocycles. The van der Waals surface area contributed by atoms with Crippen molar-refractivity contribution in [2.24, 2.45) is 0 Å². The Morgan fingerprint density at radius 1 is 1.08 bits per heavy atom. The van der Waals surface area contributed by atoms with Gasteiger partial charge in [-0.25, -0.2) is 12.7 Å². The highest BCUT2D eigenvalue weighted by atomic mass is 32.2. The van der Waals surface area contributed by atoms with Crippen molar-refractivity contribution >= 4 is 27.5 Å². The molecule has 0 unspecified atom stereocenters. The Hall–Kier alpha value is -2.67. The fraction of sp³-hybridized carbons (Fsp3) is 0.222. The van der Waals surface area contributed by atoms with Crippen LogP contribution < -0.4 is 5.32 Å². The average molecular weight is 358 g/mol. The number of aryl methyl sites for hydroxylation is 1. The van der Waals surface area contributed by atoms with Crippen molar-refractivity contribution in [3.63, 3.8) is 0 Å². The van der Waals surface area contributed by atoms with E-state index in [0.29, 0.717) is 5.69 Å². The lowest BCUT2D eigenvalue weighted by molar-refractivity contribution is -0.128. The van der Waals surface area contributed by atoms with Crippen molar-refractivity contribution < 1.29 is 18.0 Å². The lowest BCUT2D eigenvalue weighted by Gasteiger charge is -2.23. The van der Waals surface area contributed by atoms with Crippen LogP contribution >= 0.6 is 0 Å². The molecule has 1 atom stereocenters. The van der Waals surface area contributed by atoms with Crippen LogP contribution in [0.2, 0.25) is 0 Å². The molecule has 0 radical (unpaired) electrons. The molecule has 1 aliphatic rings. The summed E-state index contributed by atoms with van der Waals surface area (Å²) in [6, 6.07) is 13.9. The third kappa shape index (κ3) is 3.41. The zero-order valence-electron chi connectivity index (χ0n) is 13.7. The summed E-state index contributed by atoms with van der Waals surface area (Å²) in [5, 5.41) is 2.67. The van der Waals surface area contributed by atoms with Crippen LogP contribution in [0.1, 0.15) is 18.4 Å². The van der Waals surface area contributed by atoms with Crippen molar-refractivity contribution in [3.8, 4) is 0 Å². The van der Waals surface area contributed by atoms with Gasteiger partial charge in [-0.15, -0.1) is 0 Å². The van der Waals surface area contributed by atoms with Gasteiger partial charge in [0.05, 0.1) is 4.90 Å². The van der Waals surface area contributed by atoms with Gasteiger partial charge in [-0.3, -0.25) is 9.59 Å². The number of benzene rings is 2. The molecule has 0 saturated carbocycles. The molecule has 1 aliphatic heterocycles. The van der Waals surface area contributed by atoms with Crippen molar-refractivity contribution in [1.29, 1.82) is 0 Å². The number of anilines is 1. The smallest absolute Gasteiger partial charge is 0.267 e. The van der Waals surface area contributed by atoms with E-state index in [2.05, 4.69) is 5.32 Å². The molecule has 0 aromatic heterocycles. The first-order chi connectivity index (χ1) is 11.9. The maximum absolute atomic E-state index is 12.8. The highest BCUT2D eigenvalue weighted by molar-refractivity contribution is 7.89. The van der Waals surface area contributed by atoms with Crippen LogP contribution in [0.15, 0.2) is 59.5 Å². The Kier molecular flexibility index (Phi) is 4.59. The maximum atomic E-state index is 12.8. The van der Waals surface area contributed by atoms with Crippen LogP contribution in [0.3, 0.4) is 0 Å². The number of amides is 2. The summed E-state index contributed by atoms with van der Waals surface area (Å²) in [5.74, 6) is -1.07. The standard InChI is InChI=1S/C18H18N2O4S/c1-13-7-9-15(10-8-13)25(23,24)20-16(11-12-17(20)21)18(22)19-14-5-3-2-4-6-14/h2-10,16H,11-12H2,1H3,(H,19,22)/t16-/m0/s1. The molecule has 2 aromatic carbocycles. The zero-order chi connectivity index (χ0) is 18.0. The second-order valence-corrected chi connectivity index (χ2v) is 7.73. The van der Waals surface area contributed by atoms with Gasteiger partial charge in [0, 0.05) is 12.1 Å². The predicted molar refractivity (Wildman–Crippen MR) is 93.3 cm³/mol. The number of nitrogens with one attached hydrogen (secondary N) is 1. The van der Waals surface area contributed by atoms with E-state index in [1.165, 1.54) is 12.1 Å². The van der Waals surface area contributed by atoms with Gasteiger partial charge in [0.25, 0.3) is 10.0 Å². The van der Waals surface area contributed by atoms with E-state index in [0.717, 1.165) is 9.87 Å². The molecule has 1 saturated heterocycles. The Morgan fingerprint density at radius 3 is 2.36 bits per heavy atom. The number of para-hydroxylation sites is 1. The highest BCUT2D eigenvalue weighted by Gasteiger charge is 2.44. The third-order valence-electron chi connectivity index (χ3n) is 4.08. The molecule has 3 rings (SSSR count). The summed E-state index contributed by atoms with van der Waals surface area (Å²) in [5.41, 5.74) is 1.46. The Balaban J connectivity index is 1.89. The van der Waals surface area contributed by atoms with E-state index < -0.39 is 27.9 Å². The van der Waals surface area contributed by atoms with Gasteiger partial charge < -0.3 is 5.32 Å². The molecular formula is C18H18N2O4S. The summed E-state index contributed by atoms with van der Waals surface area (Å²) in [6.45, 7) is 1.84. The molecule has 0 aliphatic carbocycles. The Bertz CT molecular complexity index is 892. The minimum Gasteiger partial charge on any atom is -0.324 e. The number of nitrogens with zero attached hydrogens (tertiary/aromatic N) is 1. The molecule has 0 spiro atoms. The molecule has 7 heteroatoms. The lowest BCUT2D eigenvalue weighted by Crippen LogP contribution is -2.45. The van der Waals surface area contributed by atoms with Crippen LogP contribution in [0.25, 0.3) is 0 Å². The largest absolute Gasteiger partial charge is 0.324 e. The molecule has 2 aromatic rings. The SMILES string of the molecule is Cc1ccc(S(=O)(=O)N2C(=O)CC[C@H]2C(=O)Nc2ccccc2)cc1. The van der Waals surface area contributed by atoms with Crippen LogP contribution in [0.4, 0.5) is 5.69 Å². The second-order valence-electron chi connectivity index (χ2n) is 5.92. The van der Waals surface area contributed by atoms with Gasteiger partial charge >= 0.3 is 0 Å². The van der Waals surface area contributed by atoms with Crippen molar-refractivity contribution in [2.45, 2.75) is 30.7 Å². The molecule has 1 N–H and O–H groups in total. The van der Waals surface area contributed by atoms with Crippen LogP contribution in [-0.2, 0) is 19.6 Å². The number of hydrogen-bond donors (Lipinski definition) is 1. The molecule has 6 nitrogen and oxygen atoms in total. The fourth-order valence-electron chi connectivity index (χ4n) is 2.77. The third-order valence-corrected chi connectivity index (χ3v) is 5.93. The first kappa shape index (κ1) is 17.2. The quantitative estimate of drug-likeness (QED) is 0.909. The van der Waals surface area contributed by atoms with Gasteiger partial charge in [-0.1, -0.05) is 35.9 Å². The first-order valence-electron chi connectivity index (χ1n) is 7.89. The van der Waals surface area contributed by atoms with E-state index in [-0.39, 0.29) is 17.7 Å². The Labute approximate surface area is 146 Å². The predicted octanol–water partition coefficient (Wildman–Crippen LogP) is 2.31.